The Balaban J connectivity index is 1.42. The van der Waals surface area contributed by atoms with Crippen molar-refractivity contribution >= 4 is 17.6 Å². The van der Waals surface area contributed by atoms with E-state index in [1.165, 1.54) is 5.56 Å². The van der Waals surface area contributed by atoms with E-state index in [1.807, 2.05) is 49.4 Å². The summed E-state index contributed by atoms with van der Waals surface area (Å²) in [6.45, 7) is 3.79. The standard InChI is InChI=1S/C23H29N3O3/c1-17-8-9-21(29-2)19(16-17)10-13-24-22(27)18-11-14-26(15-12-18)23(28)25-20-6-4-3-5-7-20/h3-9,16,18H,10-15H2,1-2H3,(H,24,27)(H,25,28). The molecular formula is C23H29N3O3. The molecule has 2 aromatic rings. The Kier molecular flexibility index (Phi) is 7.11. The molecule has 0 aromatic heterocycles. The smallest absolute Gasteiger partial charge is 0.321 e. The molecule has 0 aliphatic carbocycles. The van der Waals surface area contributed by atoms with Gasteiger partial charge in [-0.3, -0.25) is 4.79 Å². The van der Waals surface area contributed by atoms with E-state index in [9.17, 15) is 9.59 Å². The molecule has 2 N–H and O–H groups in total. The van der Waals surface area contributed by atoms with Crippen LogP contribution in [0.25, 0.3) is 0 Å². The average molecular weight is 396 g/mol. The van der Waals surface area contributed by atoms with Gasteiger partial charge in [-0.2, -0.15) is 0 Å². The number of piperidine rings is 1. The number of amides is 3. The van der Waals surface area contributed by atoms with E-state index in [0.29, 0.717) is 32.5 Å². The van der Waals surface area contributed by atoms with Crippen LogP contribution in [0, 0.1) is 12.8 Å². The number of carbonyl (C=O) groups is 2. The predicted molar refractivity (Wildman–Crippen MR) is 114 cm³/mol. The summed E-state index contributed by atoms with van der Waals surface area (Å²) >= 11 is 0. The molecule has 1 aliphatic rings. The third-order valence-electron chi connectivity index (χ3n) is 5.31. The van der Waals surface area contributed by atoms with Crippen molar-refractivity contribution in [1.82, 2.24) is 10.2 Å². The van der Waals surface area contributed by atoms with Gasteiger partial charge in [0.15, 0.2) is 0 Å². The molecule has 1 fully saturated rings. The second-order valence-corrected chi connectivity index (χ2v) is 7.41. The Morgan fingerprint density at radius 3 is 2.52 bits per heavy atom. The Bertz CT molecular complexity index is 831. The van der Waals surface area contributed by atoms with Crippen LogP contribution in [0.2, 0.25) is 0 Å². The van der Waals surface area contributed by atoms with E-state index in [-0.39, 0.29) is 17.9 Å². The SMILES string of the molecule is COc1ccc(C)cc1CCNC(=O)C1CCN(C(=O)Nc2ccccc2)CC1. The molecule has 154 valence electrons. The van der Waals surface area contributed by atoms with Crippen LogP contribution in [0.15, 0.2) is 48.5 Å². The first-order chi connectivity index (χ1) is 14.1. The summed E-state index contributed by atoms with van der Waals surface area (Å²) in [5.41, 5.74) is 3.05. The van der Waals surface area contributed by atoms with E-state index in [4.69, 9.17) is 4.74 Å². The molecule has 0 radical (unpaired) electrons. The number of methoxy groups -OCH3 is 1. The van der Waals surface area contributed by atoms with Crippen LogP contribution in [0.5, 0.6) is 5.75 Å². The Hall–Kier alpha value is -3.02. The van der Waals surface area contributed by atoms with Crippen LogP contribution in [-0.4, -0.2) is 43.6 Å². The van der Waals surface area contributed by atoms with Crippen molar-refractivity contribution in [3.8, 4) is 5.75 Å². The fraction of sp³-hybridized carbons (Fsp3) is 0.391. The third kappa shape index (κ3) is 5.73. The first-order valence-electron chi connectivity index (χ1n) is 10.1. The van der Waals surface area contributed by atoms with Crippen molar-refractivity contribution < 1.29 is 14.3 Å². The van der Waals surface area contributed by atoms with Gasteiger partial charge in [0.2, 0.25) is 5.91 Å². The summed E-state index contributed by atoms with van der Waals surface area (Å²) in [6.07, 6.45) is 2.10. The number of aryl methyl sites for hydroxylation is 1. The zero-order valence-electron chi connectivity index (χ0n) is 17.1. The molecule has 29 heavy (non-hydrogen) atoms. The topological polar surface area (TPSA) is 70.7 Å². The maximum Gasteiger partial charge on any atom is 0.321 e. The first-order valence-corrected chi connectivity index (χ1v) is 10.1. The highest BCUT2D eigenvalue weighted by atomic mass is 16.5. The number of benzene rings is 2. The van der Waals surface area contributed by atoms with Gasteiger partial charge in [-0.15, -0.1) is 0 Å². The number of carbonyl (C=O) groups excluding carboxylic acids is 2. The lowest BCUT2D eigenvalue weighted by Gasteiger charge is -2.31. The molecule has 1 aliphatic heterocycles. The van der Waals surface area contributed by atoms with Gasteiger partial charge >= 0.3 is 6.03 Å². The fourth-order valence-electron chi connectivity index (χ4n) is 3.64. The van der Waals surface area contributed by atoms with Crippen LogP contribution < -0.4 is 15.4 Å². The molecule has 1 heterocycles. The number of ether oxygens (including phenoxy) is 1. The lowest BCUT2D eigenvalue weighted by molar-refractivity contribution is -0.126. The van der Waals surface area contributed by atoms with Crippen molar-refractivity contribution in [2.45, 2.75) is 26.2 Å². The number of nitrogens with one attached hydrogen (secondary N) is 2. The summed E-state index contributed by atoms with van der Waals surface area (Å²) in [6, 6.07) is 15.4. The normalized spacial score (nSPS) is 14.3. The molecule has 3 amide bonds. The number of rotatable bonds is 6. The summed E-state index contributed by atoms with van der Waals surface area (Å²) in [7, 11) is 1.66. The van der Waals surface area contributed by atoms with E-state index >= 15 is 0 Å². The van der Waals surface area contributed by atoms with Crippen molar-refractivity contribution in [3.63, 3.8) is 0 Å². The zero-order chi connectivity index (χ0) is 20.6. The van der Waals surface area contributed by atoms with Crippen molar-refractivity contribution in [2.75, 3.05) is 32.1 Å². The fourth-order valence-corrected chi connectivity index (χ4v) is 3.64. The average Bonchev–Trinajstić information content (AvgIpc) is 2.74. The molecular weight excluding hydrogens is 366 g/mol. The summed E-state index contributed by atoms with van der Waals surface area (Å²) in [5.74, 6) is 0.873. The molecule has 0 bridgehead atoms. The van der Waals surface area contributed by atoms with Crippen LogP contribution in [0.3, 0.4) is 0 Å². The van der Waals surface area contributed by atoms with Gasteiger partial charge in [0.1, 0.15) is 5.75 Å². The lowest BCUT2D eigenvalue weighted by atomic mass is 9.96. The van der Waals surface area contributed by atoms with Crippen LogP contribution in [0.4, 0.5) is 10.5 Å². The number of para-hydroxylation sites is 1. The number of nitrogens with zero attached hydrogens (tertiary/aromatic N) is 1. The quantitative estimate of drug-likeness (QED) is 0.785. The molecule has 6 nitrogen and oxygen atoms in total. The van der Waals surface area contributed by atoms with Gasteiger partial charge < -0.3 is 20.3 Å². The van der Waals surface area contributed by atoms with Gasteiger partial charge in [0.25, 0.3) is 0 Å². The Morgan fingerprint density at radius 1 is 1.10 bits per heavy atom. The summed E-state index contributed by atoms with van der Waals surface area (Å²) < 4.78 is 5.39. The summed E-state index contributed by atoms with van der Waals surface area (Å²) in [5, 5.41) is 5.94. The third-order valence-corrected chi connectivity index (χ3v) is 5.31. The molecule has 6 heteroatoms. The highest BCUT2D eigenvalue weighted by Gasteiger charge is 2.27. The number of hydrogen-bond acceptors (Lipinski definition) is 3. The van der Waals surface area contributed by atoms with Gasteiger partial charge in [-0.05, 0) is 49.9 Å². The molecule has 0 atom stereocenters. The van der Waals surface area contributed by atoms with Crippen molar-refractivity contribution in [3.05, 3.63) is 59.7 Å². The molecule has 0 saturated carbocycles. The molecule has 0 spiro atoms. The Labute approximate surface area is 172 Å². The van der Waals surface area contributed by atoms with Gasteiger partial charge in [0.05, 0.1) is 7.11 Å². The van der Waals surface area contributed by atoms with Crippen LogP contribution >= 0.6 is 0 Å². The maximum atomic E-state index is 12.5. The minimum Gasteiger partial charge on any atom is -0.496 e. The highest BCUT2D eigenvalue weighted by Crippen LogP contribution is 2.21. The second-order valence-electron chi connectivity index (χ2n) is 7.41. The van der Waals surface area contributed by atoms with E-state index in [2.05, 4.69) is 16.7 Å². The monoisotopic (exact) mass is 395 g/mol. The first kappa shape index (κ1) is 20.7. The van der Waals surface area contributed by atoms with Gasteiger partial charge in [0, 0.05) is 31.2 Å². The van der Waals surface area contributed by atoms with Gasteiger partial charge in [-0.1, -0.05) is 35.9 Å². The predicted octanol–water partition coefficient (Wildman–Crippen LogP) is 3.61. The van der Waals surface area contributed by atoms with E-state index < -0.39 is 0 Å². The molecule has 3 rings (SSSR count). The number of urea groups is 1. The van der Waals surface area contributed by atoms with E-state index in [0.717, 1.165) is 23.4 Å². The molecule has 0 unspecified atom stereocenters. The number of anilines is 1. The minimum absolute atomic E-state index is 0.0461. The largest absolute Gasteiger partial charge is 0.496 e. The van der Waals surface area contributed by atoms with Crippen LogP contribution in [0.1, 0.15) is 24.0 Å². The molecule has 1 saturated heterocycles. The highest BCUT2D eigenvalue weighted by molar-refractivity contribution is 5.89. The molecule has 2 aromatic carbocycles. The van der Waals surface area contributed by atoms with Crippen LogP contribution in [-0.2, 0) is 11.2 Å². The summed E-state index contributed by atoms with van der Waals surface area (Å²) in [4.78, 5) is 26.7. The van der Waals surface area contributed by atoms with Crippen molar-refractivity contribution in [1.29, 1.82) is 0 Å². The zero-order valence-corrected chi connectivity index (χ0v) is 17.1. The number of hydrogen-bond donors (Lipinski definition) is 2. The minimum atomic E-state index is -0.110. The van der Waals surface area contributed by atoms with Crippen molar-refractivity contribution in [2.24, 2.45) is 5.92 Å². The second kappa shape index (κ2) is 9.96. The van der Waals surface area contributed by atoms with Gasteiger partial charge in [-0.25, -0.2) is 4.79 Å². The number of likely N-dealkylation sites (tertiary alicyclic amines) is 1. The Morgan fingerprint density at radius 2 is 1.83 bits per heavy atom. The maximum absolute atomic E-state index is 12.5. The van der Waals surface area contributed by atoms with E-state index in [1.54, 1.807) is 12.0 Å². The lowest BCUT2D eigenvalue weighted by Crippen LogP contribution is -2.44.